The van der Waals surface area contributed by atoms with E-state index in [4.69, 9.17) is 0 Å². The second kappa shape index (κ2) is 7.91. The average Bonchev–Trinajstić information content (AvgIpc) is 3.04. The molecule has 1 aromatic heterocycles. The van der Waals surface area contributed by atoms with Crippen LogP contribution in [0.5, 0.6) is 0 Å². The maximum atomic E-state index is 12.9. The predicted molar refractivity (Wildman–Crippen MR) is 108 cm³/mol. The number of fused-ring (bicyclic) bond motifs is 1. The molecule has 1 N–H and O–H groups in total. The fraction of sp³-hybridized carbons (Fsp3) is 0.409. The summed E-state index contributed by atoms with van der Waals surface area (Å²) in [4.78, 5) is 23.5. The van der Waals surface area contributed by atoms with Crippen LogP contribution in [0, 0.1) is 0 Å². The molecule has 2 aromatic rings. The molecule has 2 heterocycles. The number of carbonyl (C=O) groups excluding carboxylic acids is 1. The summed E-state index contributed by atoms with van der Waals surface area (Å²) in [6.07, 6.45) is 12.6. The maximum absolute atomic E-state index is 12.9. The summed E-state index contributed by atoms with van der Waals surface area (Å²) in [5, 5.41) is 3.31. The predicted octanol–water partition coefficient (Wildman–Crippen LogP) is 4.37. The summed E-state index contributed by atoms with van der Waals surface area (Å²) in [6.45, 7) is 2.92. The molecule has 1 atom stereocenters. The highest BCUT2D eigenvalue weighted by Gasteiger charge is 2.31. The van der Waals surface area contributed by atoms with Gasteiger partial charge < -0.3 is 10.2 Å². The molecule has 140 valence electrons. The van der Waals surface area contributed by atoms with Crippen LogP contribution in [0.25, 0.3) is 0 Å². The number of allylic oxidation sites excluding steroid dienone is 1. The van der Waals surface area contributed by atoms with Crippen LogP contribution in [0.1, 0.15) is 55.1 Å². The van der Waals surface area contributed by atoms with Gasteiger partial charge in [0, 0.05) is 18.3 Å². The summed E-state index contributed by atoms with van der Waals surface area (Å²) in [5.74, 6) is 0.636. The van der Waals surface area contributed by atoms with Crippen molar-refractivity contribution in [1.82, 2.24) is 9.97 Å². The van der Waals surface area contributed by atoms with Gasteiger partial charge in [-0.3, -0.25) is 4.79 Å². The Hall–Kier alpha value is -2.69. The zero-order valence-corrected chi connectivity index (χ0v) is 15.8. The number of nitrogens with one attached hydrogen (secondary N) is 1. The standard InChI is InChI=1S/C22H26N4O/c1-16-13-18-9-5-6-10-20(18)26(16)22(27)19-14-25-21(15-24-19)23-12-11-17-7-3-2-4-8-17/h5-7,9-10,14-16H,2-4,8,11-13H2,1H3,(H,23,25). The smallest absolute Gasteiger partial charge is 0.278 e. The van der Waals surface area contributed by atoms with E-state index in [0.717, 1.165) is 30.9 Å². The fourth-order valence-electron chi connectivity index (χ4n) is 4.01. The molecular formula is C22H26N4O. The van der Waals surface area contributed by atoms with Gasteiger partial charge in [0.25, 0.3) is 5.91 Å². The van der Waals surface area contributed by atoms with Crippen molar-refractivity contribution in [3.8, 4) is 0 Å². The van der Waals surface area contributed by atoms with Crippen LogP contribution in [0.2, 0.25) is 0 Å². The number of amides is 1. The number of carbonyl (C=O) groups is 1. The van der Waals surface area contributed by atoms with Crippen LogP contribution < -0.4 is 10.2 Å². The fourth-order valence-corrected chi connectivity index (χ4v) is 4.01. The maximum Gasteiger partial charge on any atom is 0.278 e. The van der Waals surface area contributed by atoms with Gasteiger partial charge in [0.1, 0.15) is 11.5 Å². The van der Waals surface area contributed by atoms with E-state index in [9.17, 15) is 4.79 Å². The Morgan fingerprint density at radius 3 is 2.89 bits per heavy atom. The second-order valence-electron chi connectivity index (χ2n) is 7.43. The highest BCUT2D eigenvalue weighted by molar-refractivity contribution is 6.06. The van der Waals surface area contributed by atoms with Gasteiger partial charge >= 0.3 is 0 Å². The lowest BCUT2D eigenvalue weighted by Gasteiger charge is -2.22. The zero-order valence-electron chi connectivity index (χ0n) is 15.8. The first-order valence-corrected chi connectivity index (χ1v) is 9.87. The van der Waals surface area contributed by atoms with E-state index in [1.165, 1.54) is 36.8 Å². The first kappa shape index (κ1) is 17.7. The number of para-hydroxylation sites is 1. The largest absolute Gasteiger partial charge is 0.368 e. The monoisotopic (exact) mass is 362 g/mol. The third kappa shape index (κ3) is 3.87. The van der Waals surface area contributed by atoms with E-state index in [1.807, 2.05) is 23.1 Å². The van der Waals surface area contributed by atoms with Crippen LogP contribution in [-0.4, -0.2) is 28.5 Å². The van der Waals surface area contributed by atoms with E-state index in [1.54, 1.807) is 12.4 Å². The first-order valence-electron chi connectivity index (χ1n) is 9.87. The Kier molecular flexibility index (Phi) is 5.19. The Labute approximate surface area is 160 Å². The summed E-state index contributed by atoms with van der Waals surface area (Å²) in [7, 11) is 0. The summed E-state index contributed by atoms with van der Waals surface area (Å²) < 4.78 is 0. The molecule has 4 rings (SSSR count). The molecule has 0 bridgehead atoms. The van der Waals surface area contributed by atoms with Gasteiger partial charge in [0.2, 0.25) is 0 Å². The lowest BCUT2D eigenvalue weighted by atomic mass is 9.97. The van der Waals surface area contributed by atoms with Crippen molar-refractivity contribution < 1.29 is 4.79 Å². The molecule has 27 heavy (non-hydrogen) atoms. The van der Waals surface area contributed by atoms with Crippen molar-refractivity contribution in [3.05, 3.63) is 59.6 Å². The van der Waals surface area contributed by atoms with Gasteiger partial charge in [-0.05, 0) is 57.1 Å². The van der Waals surface area contributed by atoms with Gasteiger partial charge in [-0.2, -0.15) is 0 Å². The van der Waals surface area contributed by atoms with Crippen LogP contribution in [-0.2, 0) is 6.42 Å². The molecule has 1 aliphatic carbocycles. The van der Waals surface area contributed by atoms with E-state index in [2.05, 4.69) is 34.4 Å². The van der Waals surface area contributed by atoms with Crippen molar-refractivity contribution in [1.29, 1.82) is 0 Å². The first-order chi connectivity index (χ1) is 13.2. The molecule has 1 unspecified atom stereocenters. The number of aromatic nitrogens is 2. The van der Waals surface area contributed by atoms with Crippen molar-refractivity contribution >= 4 is 17.4 Å². The van der Waals surface area contributed by atoms with Gasteiger partial charge in [0.15, 0.2) is 0 Å². The minimum absolute atomic E-state index is 0.0844. The van der Waals surface area contributed by atoms with Crippen LogP contribution in [0.15, 0.2) is 48.3 Å². The van der Waals surface area contributed by atoms with Crippen molar-refractivity contribution in [2.45, 2.75) is 51.5 Å². The van der Waals surface area contributed by atoms with Crippen LogP contribution in [0.4, 0.5) is 11.5 Å². The number of benzene rings is 1. The Morgan fingerprint density at radius 2 is 2.11 bits per heavy atom. The van der Waals surface area contributed by atoms with Crippen molar-refractivity contribution in [3.63, 3.8) is 0 Å². The Balaban J connectivity index is 1.38. The Morgan fingerprint density at radius 1 is 1.22 bits per heavy atom. The van der Waals surface area contributed by atoms with Crippen LogP contribution >= 0.6 is 0 Å². The topological polar surface area (TPSA) is 58.1 Å². The van der Waals surface area contributed by atoms with Gasteiger partial charge in [-0.1, -0.05) is 29.8 Å². The third-order valence-corrected chi connectivity index (χ3v) is 5.43. The third-order valence-electron chi connectivity index (χ3n) is 5.43. The highest BCUT2D eigenvalue weighted by Crippen LogP contribution is 2.32. The number of hydrogen-bond acceptors (Lipinski definition) is 4. The van der Waals surface area contributed by atoms with E-state index in [-0.39, 0.29) is 11.9 Å². The quantitative estimate of drug-likeness (QED) is 0.803. The van der Waals surface area contributed by atoms with E-state index < -0.39 is 0 Å². The molecule has 0 fully saturated rings. The van der Waals surface area contributed by atoms with Gasteiger partial charge in [0.05, 0.1) is 12.4 Å². The lowest BCUT2D eigenvalue weighted by Crippen LogP contribution is -2.36. The summed E-state index contributed by atoms with van der Waals surface area (Å²) >= 11 is 0. The number of hydrogen-bond donors (Lipinski definition) is 1. The minimum Gasteiger partial charge on any atom is -0.368 e. The molecule has 5 heteroatoms. The summed E-state index contributed by atoms with van der Waals surface area (Å²) in [5.41, 5.74) is 4.12. The normalized spacial score (nSPS) is 18.8. The molecular weight excluding hydrogens is 336 g/mol. The minimum atomic E-state index is -0.0844. The van der Waals surface area contributed by atoms with E-state index >= 15 is 0 Å². The summed E-state index contributed by atoms with van der Waals surface area (Å²) in [6, 6.07) is 8.21. The van der Waals surface area contributed by atoms with Crippen LogP contribution in [0.3, 0.4) is 0 Å². The molecule has 1 aliphatic heterocycles. The molecule has 0 saturated carbocycles. The molecule has 5 nitrogen and oxygen atoms in total. The molecule has 0 spiro atoms. The van der Waals surface area contributed by atoms with Crippen molar-refractivity contribution in [2.75, 3.05) is 16.8 Å². The van der Waals surface area contributed by atoms with Crippen molar-refractivity contribution in [2.24, 2.45) is 0 Å². The zero-order chi connectivity index (χ0) is 18.6. The van der Waals surface area contributed by atoms with Gasteiger partial charge in [-0.25, -0.2) is 9.97 Å². The molecule has 2 aliphatic rings. The lowest BCUT2D eigenvalue weighted by molar-refractivity contribution is 0.0976. The molecule has 1 aromatic carbocycles. The SMILES string of the molecule is CC1Cc2ccccc2N1C(=O)c1cnc(NCCC2=CCCCC2)cn1. The number of rotatable bonds is 5. The number of nitrogens with zero attached hydrogens (tertiary/aromatic N) is 3. The number of anilines is 2. The average molecular weight is 362 g/mol. The second-order valence-corrected chi connectivity index (χ2v) is 7.43. The highest BCUT2D eigenvalue weighted by atomic mass is 16.2. The Bertz CT molecular complexity index is 844. The van der Waals surface area contributed by atoms with Gasteiger partial charge in [-0.15, -0.1) is 0 Å². The van der Waals surface area contributed by atoms with E-state index in [0.29, 0.717) is 5.69 Å². The molecule has 1 amide bonds. The molecule has 0 radical (unpaired) electrons. The molecule has 0 saturated heterocycles.